The summed E-state index contributed by atoms with van der Waals surface area (Å²) >= 11 is 3.31. The minimum atomic E-state index is -0.913. The Labute approximate surface area is 120 Å². The summed E-state index contributed by atoms with van der Waals surface area (Å²) in [5.41, 5.74) is 1.05. The number of nitrogens with one attached hydrogen (secondary N) is 1. The van der Waals surface area contributed by atoms with Crippen LogP contribution >= 0.6 is 15.9 Å². The number of aliphatic carboxylic acids is 1. The van der Waals surface area contributed by atoms with Crippen LogP contribution < -0.4 is 5.32 Å². The lowest BCUT2D eigenvalue weighted by Crippen LogP contribution is -2.28. The van der Waals surface area contributed by atoms with Gasteiger partial charge in [-0.05, 0) is 47.5 Å². The van der Waals surface area contributed by atoms with E-state index in [0.717, 1.165) is 0 Å². The molecule has 0 aromatic heterocycles. The van der Waals surface area contributed by atoms with Crippen molar-refractivity contribution >= 4 is 33.6 Å². The number of carbonyl (C=O) groups is 2. The fourth-order valence-electron chi connectivity index (χ4n) is 1.50. The molecule has 0 aliphatic rings. The monoisotopic (exact) mass is 329 g/mol. The minimum Gasteiger partial charge on any atom is -0.480 e. The lowest BCUT2D eigenvalue weighted by atomic mass is 10.1. The average Bonchev–Trinajstić information content (AvgIpc) is 2.37. The molecule has 2 N–H and O–H groups in total. The molecular formula is C13H16BrNO4. The van der Waals surface area contributed by atoms with Gasteiger partial charge in [-0.3, -0.25) is 0 Å². The van der Waals surface area contributed by atoms with E-state index in [1.54, 1.807) is 32.0 Å². The third-order valence-electron chi connectivity index (χ3n) is 2.52. The first-order chi connectivity index (χ1) is 8.99. The Morgan fingerprint density at radius 3 is 2.58 bits per heavy atom. The van der Waals surface area contributed by atoms with E-state index in [2.05, 4.69) is 21.2 Å². The molecule has 0 amide bonds. The summed E-state index contributed by atoms with van der Waals surface area (Å²) in [5, 5.41) is 11.9. The summed E-state index contributed by atoms with van der Waals surface area (Å²) in [7, 11) is 0. The van der Waals surface area contributed by atoms with Gasteiger partial charge >= 0.3 is 11.9 Å². The highest BCUT2D eigenvalue weighted by molar-refractivity contribution is 9.10. The summed E-state index contributed by atoms with van der Waals surface area (Å²) in [6.45, 7) is 3.83. The molecular weight excluding hydrogens is 314 g/mol. The second-order valence-electron chi connectivity index (χ2n) is 3.86. The van der Waals surface area contributed by atoms with Crippen molar-refractivity contribution < 1.29 is 19.4 Å². The number of anilines is 1. The summed E-state index contributed by atoms with van der Waals surface area (Å²) in [4.78, 5) is 22.5. The maximum Gasteiger partial charge on any atom is 0.338 e. The lowest BCUT2D eigenvalue weighted by molar-refractivity contribution is -0.137. The first-order valence-corrected chi connectivity index (χ1v) is 6.74. The molecule has 0 aliphatic carbocycles. The Balaban J connectivity index is 2.88. The van der Waals surface area contributed by atoms with Crippen molar-refractivity contribution in [3.63, 3.8) is 0 Å². The number of carbonyl (C=O) groups excluding carboxylic acids is 1. The van der Waals surface area contributed by atoms with E-state index >= 15 is 0 Å². The van der Waals surface area contributed by atoms with Gasteiger partial charge in [0.15, 0.2) is 0 Å². The smallest absolute Gasteiger partial charge is 0.338 e. The maximum atomic E-state index is 11.5. The zero-order valence-electron chi connectivity index (χ0n) is 10.8. The molecule has 0 fully saturated rings. The molecule has 5 nitrogen and oxygen atoms in total. The third kappa shape index (κ3) is 4.24. The summed E-state index contributed by atoms with van der Waals surface area (Å²) in [5.74, 6) is -1.32. The van der Waals surface area contributed by atoms with Crippen LogP contribution in [0.15, 0.2) is 22.7 Å². The third-order valence-corrected chi connectivity index (χ3v) is 3.17. The van der Waals surface area contributed by atoms with Crippen molar-refractivity contribution in [1.82, 2.24) is 0 Å². The zero-order valence-corrected chi connectivity index (χ0v) is 12.4. The number of rotatable bonds is 6. The molecule has 1 aromatic carbocycles. The van der Waals surface area contributed by atoms with Gasteiger partial charge in [0.2, 0.25) is 0 Å². The predicted octanol–water partition coefficient (Wildman–Crippen LogP) is 2.90. The molecule has 1 atom stereocenters. The quantitative estimate of drug-likeness (QED) is 0.785. The van der Waals surface area contributed by atoms with Crippen LogP contribution in [0.3, 0.4) is 0 Å². The number of carboxylic acid groups (broad SMARTS) is 1. The molecule has 0 spiro atoms. The second-order valence-corrected chi connectivity index (χ2v) is 4.71. The molecule has 0 bridgehead atoms. The molecule has 19 heavy (non-hydrogen) atoms. The number of benzene rings is 1. The van der Waals surface area contributed by atoms with Crippen LogP contribution in [-0.4, -0.2) is 29.7 Å². The molecule has 1 rings (SSSR count). The van der Waals surface area contributed by atoms with E-state index in [1.807, 2.05) is 0 Å². The number of esters is 1. The Kier molecular flexibility index (Phi) is 5.82. The van der Waals surface area contributed by atoms with Crippen molar-refractivity contribution in [2.24, 2.45) is 0 Å². The van der Waals surface area contributed by atoms with Gasteiger partial charge in [-0.2, -0.15) is 0 Å². The highest BCUT2D eigenvalue weighted by Crippen LogP contribution is 2.25. The molecule has 0 radical (unpaired) electrons. The predicted molar refractivity (Wildman–Crippen MR) is 75.4 cm³/mol. The molecule has 6 heteroatoms. The second kappa shape index (κ2) is 7.13. The fourth-order valence-corrected chi connectivity index (χ4v) is 1.99. The summed E-state index contributed by atoms with van der Waals surface area (Å²) in [6.07, 6.45) is 0.460. The van der Waals surface area contributed by atoms with Crippen molar-refractivity contribution in [1.29, 1.82) is 0 Å². The first-order valence-electron chi connectivity index (χ1n) is 5.95. The Morgan fingerprint density at radius 1 is 1.42 bits per heavy atom. The topological polar surface area (TPSA) is 75.6 Å². The summed E-state index contributed by atoms with van der Waals surface area (Å²) < 4.78 is 5.51. The largest absolute Gasteiger partial charge is 0.480 e. The van der Waals surface area contributed by atoms with Crippen molar-refractivity contribution in [3.8, 4) is 0 Å². The highest BCUT2D eigenvalue weighted by Gasteiger charge is 2.16. The molecule has 0 heterocycles. The molecule has 0 saturated heterocycles. The van der Waals surface area contributed by atoms with E-state index in [-0.39, 0.29) is 0 Å². The van der Waals surface area contributed by atoms with E-state index in [9.17, 15) is 9.59 Å². The van der Waals surface area contributed by atoms with Gasteiger partial charge in [-0.15, -0.1) is 0 Å². The number of hydrogen-bond acceptors (Lipinski definition) is 4. The normalized spacial score (nSPS) is 11.7. The minimum absolute atomic E-state index is 0.313. The maximum absolute atomic E-state index is 11.5. The Morgan fingerprint density at radius 2 is 2.11 bits per heavy atom. The SMILES string of the molecule is CCOC(=O)c1ccc(NC(CC)C(=O)O)c(Br)c1. The van der Waals surface area contributed by atoms with Crippen molar-refractivity contribution in [3.05, 3.63) is 28.2 Å². The molecule has 104 valence electrons. The van der Waals surface area contributed by atoms with Crippen molar-refractivity contribution in [2.75, 3.05) is 11.9 Å². The highest BCUT2D eigenvalue weighted by atomic mass is 79.9. The molecule has 0 aliphatic heterocycles. The van der Waals surface area contributed by atoms with Gasteiger partial charge in [0, 0.05) is 10.2 Å². The van der Waals surface area contributed by atoms with E-state index < -0.39 is 18.0 Å². The molecule has 1 aromatic rings. The van der Waals surface area contributed by atoms with Gasteiger partial charge in [0.1, 0.15) is 6.04 Å². The first kappa shape index (κ1) is 15.5. The van der Waals surface area contributed by atoms with Crippen LogP contribution in [0.25, 0.3) is 0 Å². The van der Waals surface area contributed by atoms with Crippen LogP contribution in [0, 0.1) is 0 Å². The van der Waals surface area contributed by atoms with Gasteiger partial charge in [0.25, 0.3) is 0 Å². The molecule has 0 saturated carbocycles. The van der Waals surface area contributed by atoms with Gasteiger partial charge < -0.3 is 15.2 Å². The van der Waals surface area contributed by atoms with Gasteiger partial charge in [0.05, 0.1) is 12.2 Å². The van der Waals surface area contributed by atoms with Gasteiger partial charge in [-0.1, -0.05) is 6.92 Å². The zero-order chi connectivity index (χ0) is 14.4. The lowest BCUT2D eigenvalue weighted by Gasteiger charge is -2.15. The van der Waals surface area contributed by atoms with Crippen LogP contribution in [-0.2, 0) is 9.53 Å². The standard InChI is InChI=1S/C13H16BrNO4/c1-3-10(12(16)17)15-11-6-5-8(7-9(11)14)13(18)19-4-2/h5-7,10,15H,3-4H2,1-2H3,(H,16,17). The number of hydrogen-bond donors (Lipinski definition) is 2. The Hall–Kier alpha value is -1.56. The molecule has 1 unspecified atom stereocenters. The van der Waals surface area contributed by atoms with E-state index in [1.165, 1.54) is 0 Å². The number of carboxylic acids is 1. The van der Waals surface area contributed by atoms with Crippen molar-refractivity contribution in [2.45, 2.75) is 26.3 Å². The van der Waals surface area contributed by atoms with E-state index in [0.29, 0.717) is 28.8 Å². The van der Waals surface area contributed by atoms with Crippen LogP contribution in [0.2, 0.25) is 0 Å². The average molecular weight is 330 g/mol. The fraction of sp³-hybridized carbons (Fsp3) is 0.385. The Bertz CT molecular complexity index is 476. The van der Waals surface area contributed by atoms with E-state index in [4.69, 9.17) is 9.84 Å². The number of halogens is 1. The van der Waals surface area contributed by atoms with Crippen LogP contribution in [0.4, 0.5) is 5.69 Å². The number of ether oxygens (including phenoxy) is 1. The summed E-state index contributed by atoms with van der Waals surface area (Å²) in [6, 6.07) is 4.20. The van der Waals surface area contributed by atoms with Crippen LogP contribution in [0.1, 0.15) is 30.6 Å². The van der Waals surface area contributed by atoms with Gasteiger partial charge in [-0.25, -0.2) is 9.59 Å². The van der Waals surface area contributed by atoms with Crippen LogP contribution in [0.5, 0.6) is 0 Å².